The average Bonchev–Trinajstić information content (AvgIpc) is 1.63. The molecule has 0 aromatic rings. The van der Waals surface area contributed by atoms with Gasteiger partial charge in [-0.15, -0.1) is 5.73 Å². The van der Waals surface area contributed by atoms with Crippen LogP contribution in [0.5, 0.6) is 0 Å². The molecule has 0 amide bonds. The smallest absolute Gasteiger partial charge is 0.184 e. The lowest BCUT2D eigenvalue weighted by Crippen LogP contribution is -1.97. The van der Waals surface area contributed by atoms with Gasteiger partial charge >= 0.3 is 5.38 Å². The van der Waals surface area contributed by atoms with E-state index in [1.54, 1.807) is 0 Å². The highest BCUT2D eigenvalue weighted by atomic mass is 35.5. The summed E-state index contributed by atoms with van der Waals surface area (Å²) in [4.78, 5) is 0. The minimum atomic E-state index is -3.26. The molecule has 0 bridgehead atoms. The summed E-state index contributed by atoms with van der Waals surface area (Å²) in [5.41, 5.74) is 2.29. The van der Waals surface area contributed by atoms with Crippen molar-refractivity contribution in [2.45, 2.75) is 5.38 Å². The average molecular weight is 151 g/mol. The molecule has 9 heavy (non-hydrogen) atoms. The van der Waals surface area contributed by atoms with Crippen molar-refractivity contribution < 1.29 is 8.78 Å². The van der Waals surface area contributed by atoms with Gasteiger partial charge in [-0.1, -0.05) is 12.7 Å². The highest BCUT2D eigenvalue weighted by Gasteiger charge is 2.18. The first-order chi connectivity index (χ1) is 4.06. The third-order valence-electron chi connectivity index (χ3n) is 0.499. The second kappa shape index (κ2) is 3.44. The van der Waals surface area contributed by atoms with Crippen LogP contribution in [-0.4, -0.2) is 5.38 Å². The van der Waals surface area contributed by atoms with Crippen molar-refractivity contribution in [3.05, 3.63) is 30.5 Å². The molecule has 3 heteroatoms. The molecule has 0 spiro atoms. The van der Waals surface area contributed by atoms with E-state index in [4.69, 9.17) is 0 Å². The molecule has 0 aliphatic rings. The predicted octanol–water partition coefficient (Wildman–Crippen LogP) is 2.72. The summed E-state index contributed by atoms with van der Waals surface area (Å²) >= 11 is 4.48. The molecule has 0 saturated carbocycles. The van der Waals surface area contributed by atoms with Crippen LogP contribution in [0.15, 0.2) is 30.5 Å². The SMILES string of the molecule is C=C=CC=CC(F)(F)Cl. The number of alkyl halides is 3. The van der Waals surface area contributed by atoms with Gasteiger partial charge in [0.2, 0.25) is 0 Å². The summed E-state index contributed by atoms with van der Waals surface area (Å²) in [6.07, 6.45) is 2.88. The third kappa shape index (κ3) is 7.41. The molecular weight excluding hydrogens is 146 g/mol. The molecule has 0 fully saturated rings. The molecule has 0 nitrogen and oxygen atoms in total. The Morgan fingerprint density at radius 2 is 2.11 bits per heavy atom. The van der Waals surface area contributed by atoms with E-state index in [2.05, 4.69) is 23.9 Å². The van der Waals surface area contributed by atoms with E-state index in [1.165, 1.54) is 6.08 Å². The summed E-state index contributed by atoms with van der Waals surface area (Å²) in [6.45, 7) is 3.16. The highest BCUT2D eigenvalue weighted by molar-refractivity contribution is 6.22. The fraction of sp³-hybridized carbons (Fsp3) is 0.167. The lowest BCUT2D eigenvalue weighted by atomic mass is 10.5. The lowest BCUT2D eigenvalue weighted by Gasteiger charge is -1.95. The van der Waals surface area contributed by atoms with Gasteiger partial charge in [0.1, 0.15) is 0 Å². The maximum absolute atomic E-state index is 11.7. The summed E-state index contributed by atoms with van der Waals surface area (Å²) in [5, 5.41) is -3.26. The van der Waals surface area contributed by atoms with Gasteiger partial charge in [-0.25, -0.2) is 0 Å². The van der Waals surface area contributed by atoms with E-state index in [-0.39, 0.29) is 0 Å². The number of rotatable bonds is 2. The molecule has 0 heterocycles. The Kier molecular flexibility index (Phi) is 3.21. The summed E-state index contributed by atoms with van der Waals surface area (Å²) in [7, 11) is 0. The van der Waals surface area contributed by atoms with Gasteiger partial charge in [-0.3, -0.25) is 0 Å². The van der Waals surface area contributed by atoms with Crippen molar-refractivity contribution in [2.24, 2.45) is 0 Å². The van der Waals surface area contributed by atoms with Gasteiger partial charge in [-0.2, -0.15) is 8.78 Å². The molecule has 0 unspecified atom stereocenters. The first-order valence-corrected chi connectivity index (χ1v) is 2.54. The topological polar surface area (TPSA) is 0 Å². The Bertz CT molecular complexity index is 149. The molecule has 0 saturated heterocycles. The van der Waals surface area contributed by atoms with Gasteiger partial charge in [-0.05, 0) is 17.7 Å². The number of hydrogen-bond acceptors (Lipinski definition) is 0. The van der Waals surface area contributed by atoms with E-state index in [9.17, 15) is 8.78 Å². The van der Waals surface area contributed by atoms with Crippen LogP contribution < -0.4 is 0 Å². The van der Waals surface area contributed by atoms with Crippen molar-refractivity contribution in [3.63, 3.8) is 0 Å². The van der Waals surface area contributed by atoms with Gasteiger partial charge in [0.15, 0.2) is 0 Å². The Morgan fingerprint density at radius 3 is 2.44 bits per heavy atom. The van der Waals surface area contributed by atoms with E-state index < -0.39 is 5.38 Å². The zero-order chi connectivity index (χ0) is 7.33. The van der Waals surface area contributed by atoms with Gasteiger partial charge in [0.25, 0.3) is 0 Å². The maximum atomic E-state index is 11.7. The molecule has 0 aromatic carbocycles. The third-order valence-corrected chi connectivity index (χ3v) is 0.625. The Morgan fingerprint density at radius 1 is 1.56 bits per heavy atom. The largest absolute Gasteiger partial charge is 0.341 e. The van der Waals surface area contributed by atoms with Crippen LogP contribution in [0.3, 0.4) is 0 Å². The fourth-order valence-corrected chi connectivity index (χ4v) is 0.298. The molecule has 0 aromatic heterocycles. The van der Waals surface area contributed by atoms with Crippen LogP contribution in [0, 0.1) is 0 Å². The molecule has 50 valence electrons. The number of hydrogen-bond donors (Lipinski definition) is 0. The van der Waals surface area contributed by atoms with Crippen LogP contribution >= 0.6 is 11.6 Å². The summed E-state index contributed by atoms with van der Waals surface area (Å²) in [6, 6.07) is 0. The van der Waals surface area contributed by atoms with Gasteiger partial charge in [0, 0.05) is 6.08 Å². The second-order valence-corrected chi connectivity index (χ2v) is 1.78. The van der Waals surface area contributed by atoms with Crippen molar-refractivity contribution in [2.75, 3.05) is 0 Å². The van der Waals surface area contributed by atoms with Gasteiger partial charge in [0.05, 0.1) is 0 Å². The number of halogens is 3. The van der Waals surface area contributed by atoms with Crippen molar-refractivity contribution in [3.8, 4) is 0 Å². The normalized spacial score (nSPS) is 11.4. The zero-order valence-corrected chi connectivity index (χ0v) is 5.33. The van der Waals surface area contributed by atoms with E-state index in [1.807, 2.05) is 0 Å². The van der Waals surface area contributed by atoms with Crippen LogP contribution in [0.4, 0.5) is 8.78 Å². The quantitative estimate of drug-likeness (QED) is 0.323. The summed E-state index contributed by atoms with van der Waals surface area (Å²) < 4.78 is 23.3. The van der Waals surface area contributed by atoms with E-state index >= 15 is 0 Å². The first-order valence-electron chi connectivity index (χ1n) is 2.16. The number of allylic oxidation sites excluding steroid dienone is 3. The minimum absolute atomic E-state index is 0.548. The van der Waals surface area contributed by atoms with Crippen molar-refractivity contribution >= 4 is 11.6 Å². The fourth-order valence-electron chi connectivity index (χ4n) is 0.225. The monoisotopic (exact) mass is 150 g/mol. The standard InChI is InChI=1S/C6H5ClF2/c1-2-3-4-5-6(7,8)9/h3-5H,1H2. The Labute approximate surface area is 57.1 Å². The minimum Gasteiger partial charge on any atom is -0.184 e. The lowest BCUT2D eigenvalue weighted by molar-refractivity contribution is 0.153. The van der Waals surface area contributed by atoms with Crippen molar-refractivity contribution in [1.29, 1.82) is 0 Å². The van der Waals surface area contributed by atoms with E-state index in [0.717, 1.165) is 6.08 Å². The Hall–Kier alpha value is -0.590. The van der Waals surface area contributed by atoms with Crippen LogP contribution in [0.25, 0.3) is 0 Å². The second-order valence-electron chi connectivity index (χ2n) is 1.27. The summed E-state index contributed by atoms with van der Waals surface area (Å²) in [5.74, 6) is 0. The Balaban J connectivity index is 3.85. The predicted molar refractivity (Wildman–Crippen MR) is 33.6 cm³/mol. The van der Waals surface area contributed by atoms with E-state index in [0.29, 0.717) is 6.08 Å². The molecule has 0 aliphatic heterocycles. The molecular formula is C6H5ClF2. The molecule has 0 radical (unpaired) electrons. The zero-order valence-electron chi connectivity index (χ0n) is 4.57. The van der Waals surface area contributed by atoms with Gasteiger partial charge < -0.3 is 0 Å². The molecule has 0 aliphatic carbocycles. The maximum Gasteiger partial charge on any atom is 0.341 e. The molecule has 0 atom stereocenters. The first kappa shape index (κ1) is 8.41. The molecule has 0 N–H and O–H groups in total. The van der Waals surface area contributed by atoms with Crippen LogP contribution in [0.1, 0.15) is 0 Å². The van der Waals surface area contributed by atoms with Crippen LogP contribution in [-0.2, 0) is 0 Å². The molecule has 0 rings (SSSR count). The highest BCUT2D eigenvalue weighted by Crippen LogP contribution is 2.19. The van der Waals surface area contributed by atoms with Crippen molar-refractivity contribution in [1.82, 2.24) is 0 Å². The van der Waals surface area contributed by atoms with Crippen LogP contribution in [0.2, 0.25) is 0 Å².